The fourth-order valence-corrected chi connectivity index (χ4v) is 5.51. The van der Waals surface area contributed by atoms with Crippen LogP contribution in [0.3, 0.4) is 0 Å². The Kier molecular flexibility index (Phi) is 7.46. The topological polar surface area (TPSA) is 70.5 Å². The highest BCUT2D eigenvalue weighted by atomic mass is 32.1. The summed E-state index contributed by atoms with van der Waals surface area (Å²) < 4.78 is 5.85. The highest BCUT2D eigenvalue weighted by Gasteiger charge is 2.27. The van der Waals surface area contributed by atoms with E-state index in [1.165, 1.54) is 0 Å². The number of nitrogens with zero attached hydrogens (tertiary/aromatic N) is 3. The van der Waals surface area contributed by atoms with Crippen LogP contribution in [0.1, 0.15) is 18.4 Å². The van der Waals surface area contributed by atoms with Crippen LogP contribution >= 0.6 is 11.3 Å². The van der Waals surface area contributed by atoms with Gasteiger partial charge in [0.2, 0.25) is 0 Å². The lowest BCUT2D eigenvalue weighted by Crippen LogP contribution is -2.47. The lowest BCUT2D eigenvalue weighted by atomic mass is 10.0. The molecule has 0 amide bonds. The molecular weight excluding hydrogens is 444 g/mol. The van der Waals surface area contributed by atoms with E-state index < -0.39 is 6.10 Å². The van der Waals surface area contributed by atoms with E-state index >= 15 is 0 Å². The Morgan fingerprint density at radius 2 is 1.76 bits per heavy atom. The molecule has 1 fully saturated rings. The van der Waals surface area contributed by atoms with Crippen molar-refractivity contribution >= 4 is 27.4 Å². The summed E-state index contributed by atoms with van der Waals surface area (Å²) in [4.78, 5) is 12.6. The van der Waals surface area contributed by atoms with Crippen LogP contribution in [0.15, 0.2) is 72.4 Å². The first kappa shape index (κ1) is 22.9. The summed E-state index contributed by atoms with van der Waals surface area (Å²) in [5.41, 5.74) is 3.40. The quantitative estimate of drug-likeness (QED) is 0.372. The number of aliphatic hydroxyl groups excluding tert-OH is 1. The van der Waals surface area contributed by atoms with Crippen LogP contribution in [0.4, 0.5) is 5.82 Å². The van der Waals surface area contributed by atoms with E-state index in [-0.39, 0.29) is 6.61 Å². The molecule has 6 nitrogen and oxygen atoms in total. The molecule has 2 aromatic heterocycles. The number of nitrogens with one attached hydrogen (secondary N) is 1. The van der Waals surface area contributed by atoms with Crippen molar-refractivity contribution < 1.29 is 9.84 Å². The van der Waals surface area contributed by atoms with Gasteiger partial charge in [0.05, 0.1) is 24.7 Å². The lowest BCUT2D eigenvalue weighted by Gasteiger charge is -2.37. The van der Waals surface area contributed by atoms with E-state index in [4.69, 9.17) is 9.72 Å². The molecule has 7 heteroatoms. The summed E-state index contributed by atoms with van der Waals surface area (Å²) in [6.45, 7) is 3.16. The van der Waals surface area contributed by atoms with Crippen LogP contribution in [-0.2, 0) is 11.3 Å². The molecule has 0 saturated carbocycles. The number of fused-ring (bicyclic) bond motifs is 1. The third-order valence-electron chi connectivity index (χ3n) is 6.29. The van der Waals surface area contributed by atoms with Gasteiger partial charge in [-0.15, -0.1) is 11.3 Å². The van der Waals surface area contributed by atoms with E-state index in [1.54, 1.807) is 17.7 Å². The number of thiophene rings is 1. The van der Waals surface area contributed by atoms with E-state index in [2.05, 4.69) is 44.8 Å². The van der Waals surface area contributed by atoms with Crippen LogP contribution < -0.4 is 10.2 Å². The van der Waals surface area contributed by atoms with Gasteiger partial charge in [-0.3, -0.25) is 0 Å². The number of anilines is 1. The Bertz CT molecular complexity index is 1180. The highest BCUT2D eigenvalue weighted by molar-refractivity contribution is 7.17. The highest BCUT2D eigenvalue weighted by Crippen LogP contribution is 2.39. The number of benzene rings is 2. The molecule has 2 N–H and O–H groups in total. The van der Waals surface area contributed by atoms with Crippen LogP contribution in [0.5, 0.6) is 0 Å². The summed E-state index contributed by atoms with van der Waals surface area (Å²) in [7, 11) is 0. The normalized spacial score (nSPS) is 15.4. The zero-order valence-electron chi connectivity index (χ0n) is 19.1. The fourth-order valence-electron chi connectivity index (χ4n) is 4.60. The molecule has 5 rings (SSSR count). The fraction of sp³-hybridized carbons (Fsp3) is 0.333. The molecule has 34 heavy (non-hydrogen) atoms. The Morgan fingerprint density at radius 3 is 2.53 bits per heavy atom. The molecule has 0 bridgehead atoms. The summed E-state index contributed by atoms with van der Waals surface area (Å²) in [6, 6.07) is 20.7. The first-order valence-corrected chi connectivity index (χ1v) is 12.7. The summed E-state index contributed by atoms with van der Waals surface area (Å²) in [5.74, 6) is 0.902. The predicted octanol–water partition coefficient (Wildman–Crippen LogP) is 4.49. The van der Waals surface area contributed by atoms with Gasteiger partial charge < -0.3 is 20.1 Å². The van der Waals surface area contributed by atoms with Crippen molar-refractivity contribution in [1.82, 2.24) is 15.3 Å². The van der Waals surface area contributed by atoms with Gasteiger partial charge in [0.15, 0.2) is 0 Å². The standard InChI is InChI=1S/C27H30N4O2S/c32-23(17-33-16-20-7-3-1-4-8-20)15-31(22-11-13-28-14-12-22)26-25-24(21-9-5-2-6-10-21)18-34-27(25)30-19-29-26/h1-10,18-19,22-23,28,32H,11-17H2. The van der Waals surface area contributed by atoms with E-state index in [1.807, 2.05) is 36.4 Å². The molecule has 2 aromatic carbocycles. The van der Waals surface area contributed by atoms with Gasteiger partial charge in [-0.2, -0.15) is 0 Å². The molecule has 1 aliphatic rings. The maximum atomic E-state index is 11.0. The maximum Gasteiger partial charge on any atom is 0.141 e. The average Bonchev–Trinajstić information content (AvgIpc) is 3.34. The minimum atomic E-state index is -0.623. The van der Waals surface area contributed by atoms with Gasteiger partial charge in [-0.05, 0) is 37.1 Å². The van der Waals surface area contributed by atoms with Gasteiger partial charge in [-0.25, -0.2) is 9.97 Å². The average molecular weight is 475 g/mol. The smallest absolute Gasteiger partial charge is 0.141 e. The number of piperidine rings is 1. The lowest BCUT2D eigenvalue weighted by molar-refractivity contribution is 0.0308. The molecule has 1 atom stereocenters. The molecule has 1 aliphatic heterocycles. The van der Waals surface area contributed by atoms with Gasteiger partial charge in [0.25, 0.3) is 0 Å². The molecule has 4 aromatic rings. The van der Waals surface area contributed by atoms with Crippen molar-refractivity contribution in [3.05, 3.63) is 77.9 Å². The molecule has 3 heterocycles. The van der Waals surface area contributed by atoms with Gasteiger partial charge in [0.1, 0.15) is 17.0 Å². The predicted molar refractivity (Wildman–Crippen MR) is 138 cm³/mol. The summed E-state index contributed by atoms with van der Waals surface area (Å²) >= 11 is 1.64. The van der Waals surface area contributed by atoms with Crippen molar-refractivity contribution in [2.45, 2.75) is 31.6 Å². The van der Waals surface area contributed by atoms with Crippen LogP contribution in [-0.4, -0.2) is 53.5 Å². The van der Waals surface area contributed by atoms with E-state index in [9.17, 15) is 5.11 Å². The second-order valence-electron chi connectivity index (χ2n) is 8.68. The zero-order chi connectivity index (χ0) is 23.2. The molecule has 1 unspecified atom stereocenters. The number of rotatable bonds is 9. The molecule has 1 saturated heterocycles. The molecule has 0 aliphatic carbocycles. The number of aliphatic hydroxyl groups is 1. The second-order valence-corrected chi connectivity index (χ2v) is 9.54. The Balaban J connectivity index is 1.41. The van der Waals surface area contributed by atoms with Crippen molar-refractivity contribution in [3.63, 3.8) is 0 Å². The Hall–Kier alpha value is -2.84. The molecule has 0 radical (unpaired) electrons. The van der Waals surface area contributed by atoms with Gasteiger partial charge in [-0.1, -0.05) is 60.7 Å². The minimum Gasteiger partial charge on any atom is -0.389 e. The Morgan fingerprint density at radius 1 is 1.03 bits per heavy atom. The van der Waals surface area contributed by atoms with Gasteiger partial charge >= 0.3 is 0 Å². The molecule has 0 spiro atoms. The third-order valence-corrected chi connectivity index (χ3v) is 7.17. The van der Waals surface area contributed by atoms with Crippen LogP contribution in [0.2, 0.25) is 0 Å². The van der Waals surface area contributed by atoms with Crippen LogP contribution in [0.25, 0.3) is 21.3 Å². The SMILES string of the molecule is OC(COCc1ccccc1)CN(c1ncnc2scc(-c3ccccc3)c12)C1CCNCC1. The molecular formula is C27H30N4O2S. The minimum absolute atomic E-state index is 0.278. The van der Waals surface area contributed by atoms with E-state index in [0.717, 1.165) is 58.7 Å². The van der Waals surface area contributed by atoms with Crippen molar-refractivity contribution in [2.24, 2.45) is 0 Å². The zero-order valence-corrected chi connectivity index (χ0v) is 20.0. The van der Waals surface area contributed by atoms with Crippen LogP contribution in [0, 0.1) is 0 Å². The first-order valence-electron chi connectivity index (χ1n) is 11.8. The summed E-state index contributed by atoms with van der Waals surface area (Å²) in [6.07, 6.45) is 3.04. The number of aromatic nitrogens is 2. The van der Waals surface area contributed by atoms with Crippen molar-refractivity contribution in [2.75, 3.05) is 31.1 Å². The molecule has 176 valence electrons. The summed E-state index contributed by atoms with van der Waals surface area (Å²) in [5, 5.41) is 17.7. The van der Waals surface area contributed by atoms with Gasteiger partial charge in [0, 0.05) is 23.5 Å². The number of hydrogen-bond acceptors (Lipinski definition) is 7. The number of hydrogen-bond donors (Lipinski definition) is 2. The van der Waals surface area contributed by atoms with E-state index in [0.29, 0.717) is 19.2 Å². The third kappa shape index (κ3) is 5.28. The maximum absolute atomic E-state index is 11.0. The first-order chi connectivity index (χ1) is 16.8. The Labute approximate surface area is 204 Å². The largest absolute Gasteiger partial charge is 0.389 e. The second kappa shape index (κ2) is 11.1. The van der Waals surface area contributed by atoms with Crippen molar-refractivity contribution in [1.29, 1.82) is 0 Å². The number of ether oxygens (including phenoxy) is 1. The monoisotopic (exact) mass is 474 g/mol. The van der Waals surface area contributed by atoms with Crippen molar-refractivity contribution in [3.8, 4) is 11.1 Å².